The summed E-state index contributed by atoms with van der Waals surface area (Å²) >= 11 is 1.38. The molecule has 1 aliphatic heterocycles. The molecule has 7 nitrogen and oxygen atoms in total. The summed E-state index contributed by atoms with van der Waals surface area (Å²) in [6, 6.07) is 0.417. The van der Waals surface area contributed by atoms with E-state index >= 15 is 0 Å². The van der Waals surface area contributed by atoms with Crippen molar-refractivity contribution in [3.63, 3.8) is 0 Å². The molecule has 0 N–H and O–H groups in total. The number of hydrogen-bond donors (Lipinski definition) is 0. The molecule has 3 rings (SSSR count). The molecule has 1 saturated carbocycles. The first-order chi connectivity index (χ1) is 9.24. The maximum Gasteiger partial charge on any atom is 0.233 e. The van der Waals surface area contributed by atoms with Crippen LogP contribution in [0.5, 0.6) is 0 Å². The first-order valence-electron chi connectivity index (χ1n) is 6.44. The van der Waals surface area contributed by atoms with Crippen molar-refractivity contribution in [2.24, 2.45) is 0 Å². The molecule has 0 bridgehead atoms. The minimum atomic E-state index is 0.0582. The normalized spacial score (nSPS) is 19.8. The van der Waals surface area contributed by atoms with Gasteiger partial charge in [0.2, 0.25) is 11.1 Å². The summed E-state index contributed by atoms with van der Waals surface area (Å²) in [4.78, 5) is 24.9. The molecule has 2 heterocycles. The number of thioether (sulfide) groups is 1. The highest BCUT2D eigenvalue weighted by atomic mass is 32.2. The van der Waals surface area contributed by atoms with Crippen LogP contribution >= 0.6 is 11.8 Å². The number of likely N-dealkylation sites (tertiary alicyclic amines) is 1. The number of ketones is 1. The van der Waals surface area contributed by atoms with Crippen molar-refractivity contribution in [2.75, 3.05) is 18.8 Å². The Kier molecular flexibility index (Phi) is 3.50. The van der Waals surface area contributed by atoms with Crippen LogP contribution in [0.25, 0.3) is 0 Å². The summed E-state index contributed by atoms with van der Waals surface area (Å²) in [7, 11) is 0. The smallest absolute Gasteiger partial charge is 0.233 e. The predicted octanol–water partition coefficient (Wildman–Crippen LogP) is 0.292. The largest absolute Gasteiger partial charge is 0.341 e. The Bertz CT molecular complexity index is 489. The maximum absolute atomic E-state index is 12.0. The topological polar surface area (TPSA) is 81.0 Å². The number of Topliss-reactive ketones (excluding diaryl/α,β-unsaturated/α-hetero) is 1. The summed E-state index contributed by atoms with van der Waals surface area (Å²) in [6.07, 6.45) is 3.19. The number of piperidine rings is 1. The maximum atomic E-state index is 12.0. The Morgan fingerprint density at radius 3 is 2.74 bits per heavy atom. The molecule has 0 unspecified atom stereocenters. The molecule has 0 atom stereocenters. The zero-order chi connectivity index (χ0) is 13.2. The van der Waals surface area contributed by atoms with Gasteiger partial charge in [-0.25, -0.2) is 4.68 Å². The lowest BCUT2D eigenvalue weighted by Crippen LogP contribution is -2.39. The van der Waals surface area contributed by atoms with Gasteiger partial charge in [-0.15, -0.1) is 5.10 Å². The van der Waals surface area contributed by atoms with E-state index in [2.05, 4.69) is 15.5 Å². The summed E-state index contributed by atoms with van der Waals surface area (Å²) in [5.41, 5.74) is 0. The lowest BCUT2D eigenvalue weighted by atomic mass is 10.1. The first-order valence-corrected chi connectivity index (χ1v) is 7.43. The van der Waals surface area contributed by atoms with Crippen LogP contribution in [0.4, 0.5) is 0 Å². The van der Waals surface area contributed by atoms with Gasteiger partial charge < -0.3 is 4.90 Å². The molecule has 19 heavy (non-hydrogen) atoms. The molecule has 2 fully saturated rings. The van der Waals surface area contributed by atoms with Crippen molar-refractivity contribution in [3.05, 3.63) is 0 Å². The number of tetrazole rings is 1. The van der Waals surface area contributed by atoms with Gasteiger partial charge in [0, 0.05) is 25.9 Å². The predicted molar refractivity (Wildman–Crippen MR) is 67.6 cm³/mol. The van der Waals surface area contributed by atoms with Crippen molar-refractivity contribution in [2.45, 2.75) is 36.9 Å². The van der Waals surface area contributed by atoms with Crippen molar-refractivity contribution in [1.29, 1.82) is 0 Å². The third kappa shape index (κ3) is 2.94. The Balaban J connectivity index is 1.52. The van der Waals surface area contributed by atoms with Crippen LogP contribution in [0.3, 0.4) is 0 Å². The fourth-order valence-electron chi connectivity index (χ4n) is 2.05. The van der Waals surface area contributed by atoms with Crippen molar-refractivity contribution >= 4 is 23.5 Å². The Morgan fingerprint density at radius 1 is 1.32 bits per heavy atom. The van der Waals surface area contributed by atoms with E-state index in [0.29, 0.717) is 42.9 Å². The highest BCUT2D eigenvalue weighted by Crippen LogP contribution is 2.36. The zero-order valence-electron chi connectivity index (χ0n) is 10.5. The molecule has 0 aromatic carbocycles. The van der Waals surface area contributed by atoms with Crippen LogP contribution in [0.2, 0.25) is 0 Å². The van der Waals surface area contributed by atoms with E-state index in [9.17, 15) is 9.59 Å². The number of aromatic nitrogens is 4. The minimum Gasteiger partial charge on any atom is -0.341 e. The number of carbonyl (C=O) groups is 2. The molecule has 1 aromatic heterocycles. The molecule has 102 valence electrons. The number of rotatable bonds is 4. The highest BCUT2D eigenvalue weighted by Gasteiger charge is 2.28. The third-order valence-corrected chi connectivity index (χ3v) is 4.27. The van der Waals surface area contributed by atoms with Gasteiger partial charge in [0.1, 0.15) is 5.78 Å². The second kappa shape index (κ2) is 5.28. The fraction of sp³-hybridized carbons (Fsp3) is 0.727. The lowest BCUT2D eigenvalue weighted by Gasteiger charge is -2.25. The van der Waals surface area contributed by atoms with E-state index < -0.39 is 0 Å². The van der Waals surface area contributed by atoms with Crippen LogP contribution in [0.1, 0.15) is 31.7 Å². The summed E-state index contributed by atoms with van der Waals surface area (Å²) in [5, 5.41) is 12.3. The van der Waals surface area contributed by atoms with Gasteiger partial charge >= 0.3 is 0 Å². The second-order valence-electron chi connectivity index (χ2n) is 4.85. The molecular weight excluding hydrogens is 266 g/mol. The Hall–Kier alpha value is -1.44. The quantitative estimate of drug-likeness (QED) is 0.738. The number of amides is 1. The fourth-order valence-corrected chi connectivity index (χ4v) is 2.90. The van der Waals surface area contributed by atoms with Gasteiger partial charge in [-0.2, -0.15) is 0 Å². The highest BCUT2D eigenvalue weighted by molar-refractivity contribution is 7.99. The van der Waals surface area contributed by atoms with E-state index in [4.69, 9.17) is 0 Å². The van der Waals surface area contributed by atoms with Gasteiger partial charge in [0.25, 0.3) is 0 Å². The summed E-state index contributed by atoms with van der Waals surface area (Å²) in [6.45, 7) is 1.09. The average molecular weight is 281 g/mol. The number of nitrogens with zero attached hydrogens (tertiary/aromatic N) is 5. The lowest BCUT2D eigenvalue weighted by molar-refractivity contribution is -0.132. The van der Waals surface area contributed by atoms with Crippen LogP contribution in [-0.4, -0.2) is 55.6 Å². The van der Waals surface area contributed by atoms with E-state index in [0.717, 1.165) is 12.8 Å². The van der Waals surface area contributed by atoms with E-state index in [-0.39, 0.29) is 11.7 Å². The van der Waals surface area contributed by atoms with E-state index in [1.165, 1.54) is 11.8 Å². The summed E-state index contributed by atoms with van der Waals surface area (Å²) in [5.74, 6) is 0.638. The van der Waals surface area contributed by atoms with Crippen LogP contribution in [-0.2, 0) is 9.59 Å². The van der Waals surface area contributed by atoms with Gasteiger partial charge in [0.15, 0.2) is 0 Å². The number of hydrogen-bond acceptors (Lipinski definition) is 6. The molecule has 1 aromatic rings. The summed E-state index contributed by atoms with van der Waals surface area (Å²) < 4.78 is 1.80. The van der Waals surface area contributed by atoms with Crippen LogP contribution in [0, 0.1) is 0 Å². The van der Waals surface area contributed by atoms with Crippen LogP contribution < -0.4 is 0 Å². The van der Waals surface area contributed by atoms with E-state index in [1.807, 2.05) is 0 Å². The minimum absolute atomic E-state index is 0.0582. The molecule has 1 amide bonds. The Labute approximate surface area is 114 Å². The third-order valence-electron chi connectivity index (χ3n) is 3.35. The van der Waals surface area contributed by atoms with Gasteiger partial charge in [-0.05, 0) is 23.3 Å². The standard InChI is InChI=1S/C11H15N5O2S/c17-9-3-5-15(6-4-9)10(18)7-19-11-12-13-14-16(11)8-1-2-8/h8H,1-7H2. The molecule has 1 saturated heterocycles. The van der Waals surface area contributed by atoms with Gasteiger partial charge in [-0.1, -0.05) is 11.8 Å². The van der Waals surface area contributed by atoms with Crippen LogP contribution in [0.15, 0.2) is 5.16 Å². The van der Waals surface area contributed by atoms with Gasteiger partial charge in [0.05, 0.1) is 11.8 Å². The molecule has 1 aliphatic carbocycles. The molecular formula is C11H15N5O2S. The first kappa shape index (κ1) is 12.6. The monoisotopic (exact) mass is 281 g/mol. The van der Waals surface area contributed by atoms with Crippen molar-refractivity contribution in [3.8, 4) is 0 Å². The second-order valence-corrected chi connectivity index (χ2v) is 5.79. The average Bonchev–Trinajstić information content (AvgIpc) is 3.16. The number of carbonyl (C=O) groups excluding carboxylic acids is 2. The molecule has 8 heteroatoms. The van der Waals surface area contributed by atoms with Crippen molar-refractivity contribution < 1.29 is 9.59 Å². The molecule has 2 aliphatic rings. The van der Waals surface area contributed by atoms with E-state index in [1.54, 1.807) is 9.58 Å². The molecule has 0 spiro atoms. The zero-order valence-corrected chi connectivity index (χ0v) is 11.3. The Morgan fingerprint density at radius 2 is 2.05 bits per heavy atom. The van der Waals surface area contributed by atoms with Gasteiger partial charge in [-0.3, -0.25) is 9.59 Å². The van der Waals surface area contributed by atoms with Crippen molar-refractivity contribution in [1.82, 2.24) is 25.1 Å². The SMILES string of the molecule is O=C1CCN(C(=O)CSc2nnnn2C2CC2)CC1. The molecule has 0 radical (unpaired) electrons.